The Balaban J connectivity index is 2.52. The largest absolute Gasteiger partial charge is 0.326 e. The molecule has 2 N–H and O–H groups in total. The van der Waals surface area contributed by atoms with E-state index in [1.54, 1.807) is 10.9 Å². The number of hydrogen-bond acceptors (Lipinski definition) is 3. The van der Waals surface area contributed by atoms with Crippen LogP contribution >= 0.6 is 11.6 Å². The van der Waals surface area contributed by atoms with Gasteiger partial charge in [-0.3, -0.25) is 0 Å². The second kappa shape index (κ2) is 5.08. The minimum absolute atomic E-state index is 0.349. The third-order valence-corrected chi connectivity index (χ3v) is 3.16. The molecule has 0 atom stereocenters. The van der Waals surface area contributed by atoms with Crippen molar-refractivity contribution in [1.82, 2.24) is 14.8 Å². The van der Waals surface area contributed by atoms with E-state index in [-0.39, 0.29) is 0 Å². The summed E-state index contributed by atoms with van der Waals surface area (Å²) in [6.45, 7) is 6.57. The van der Waals surface area contributed by atoms with Gasteiger partial charge in [0.25, 0.3) is 0 Å². The van der Waals surface area contributed by atoms with Crippen molar-refractivity contribution in [2.75, 3.05) is 0 Å². The van der Waals surface area contributed by atoms with Crippen LogP contribution in [-0.4, -0.2) is 14.8 Å². The molecule has 0 unspecified atom stereocenters. The van der Waals surface area contributed by atoms with Crippen molar-refractivity contribution in [1.29, 1.82) is 0 Å². The van der Waals surface area contributed by atoms with Crippen LogP contribution < -0.4 is 5.73 Å². The van der Waals surface area contributed by atoms with Crippen molar-refractivity contribution in [2.45, 2.75) is 33.2 Å². The lowest BCUT2D eigenvalue weighted by Crippen LogP contribution is -2.06. The van der Waals surface area contributed by atoms with Crippen LogP contribution in [0.25, 0.3) is 5.82 Å². The van der Waals surface area contributed by atoms with Crippen LogP contribution in [0.15, 0.2) is 18.3 Å². The molecule has 4 nitrogen and oxygen atoms in total. The van der Waals surface area contributed by atoms with E-state index < -0.39 is 0 Å². The van der Waals surface area contributed by atoms with Gasteiger partial charge in [0.1, 0.15) is 0 Å². The Hall–Kier alpha value is -1.39. The van der Waals surface area contributed by atoms with Gasteiger partial charge in [-0.2, -0.15) is 5.10 Å². The first-order chi connectivity index (χ1) is 8.51. The predicted octanol–water partition coefficient (Wildman–Crippen LogP) is 2.81. The molecule has 2 aromatic rings. The number of halogens is 1. The van der Waals surface area contributed by atoms with Crippen LogP contribution in [0.2, 0.25) is 5.02 Å². The number of hydrogen-bond donors (Lipinski definition) is 1. The highest BCUT2D eigenvalue weighted by Crippen LogP contribution is 2.19. The van der Waals surface area contributed by atoms with Gasteiger partial charge in [-0.05, 0) is 30.5 Å². The van der Waals surface area contributed by atoms with E-state index in [1.807, 2.05) is 19.1 Å². The molecular formula is C13H17ClN4. The van der Waals surface area contributed by atoms with Crippen molar-refractivity contribution >= 4 is 11.6 Å². The summed E-state index contributed by atoms with van der Waals surface area (Å²) in [4.78, 5) is 4.59. The first-order valence-corrected chi connectivity index (χ1v) is 6.32. The Bertz CT molecular complexity index is 541. The van der Waals surface area contributed by atoms with E-state index in [0.717, 1.165) is 22.8 Å². The van der Waals surface area contributed by atoms with E-state index in [9.17, 15) is 0 Å². The maximum Gasteiger partial charge on any atom is 0.153 e. The molecule has 0 aliphatic carbocycles. The van der Waals surface area contributed by atoms with Crippen molar-refractivity contribution in [3.05, 3.63) is 40.3 Å². The Labute approximate surface area is 112 Å². The van der Waals surface area contributed by atoms with Crippen LogP contribution in [0.3, 0.4) is 0 Å². The van der Waals surface area contributed by atoms with Gasteiger partial charge in [-0.15, -0.1) is 0 Å². The van der Waals surface area contributed by atoms with E-state index in [2.05, 4.69) is 23.9 Å². The molecule has 96 valence electrons. The second-order valence-corrected chi connectivity index (χ2v) is 5.03. The Morgan fingerprint density at radius 3 is 2.61 bits per heavy atom. The van der Waals surface area contributed by atoms with Crippen LogP contribution in [0, 0.1) is 6.92 Å². The van der Waals surface area contributed by atoms with Crippen molar-refractivity contribution in [3.8, 4) is 5.82 Å². The lowest BCUT2D eigenvalue weighted by Gasteiger charge is -2.10. The second-order valence-electron chi connectivity index (χ2n) is 4.62. The highest BCUT2D eigenvalue weighted by atomic mass is 35.5. The first kappa shape index (κ1) is 13.1. The molecule has 0 bridgehead atoms. The average Bonchev–Trinajstić information content (AvgIpc) is 2.69. The Morgan fingerprint density at radius 1 is 1.39 bits per heavy atom. The van der Waals surface area contributed by atoms with E-state index >= 15 is 0 Å². The number of rotatable bonds is 3. The SMILES string of the molecule is Cc1nn(-c2cc(CN)cc(C(C)C)n2)cc1Cl. The summed E-state index contributed by atoms with van der Waals surface area (Å²) in [5, 5.41) is 4.98. The molecule has 0 saturated heterocycles. The number of nitrogens with zero attached hydrogens (tertiary/aromatic N) is 3. The van der Waals surface area contributed by atoms with Gasteiger partial charge >= 0.3 is 0 Å². The zero-order chi connectivity index (χ0) is 13.3. The Kier molecular flexibility index (Phi) is 3.68. The van der Waals surface area contributed by atoms with Crippen LogP contribution in [-0.2, 0) is 6.54 Å². The molecular weight excluding hydrogens is 248 g/mol. The summed E-state index contributed by atoms with van der Waals surface area (Å²) in [7, 11) is 0. The van der Waals surface area contributed by atoms with Crippen LogP contribution in [0.1, 0.15) is 36.7 Å². The number of aromatic nitrogens is 3. The molecule has 0 aliphatic heterocycles. The molecule has 0 radical (unpaired) electrons. The molecule has 2 aromatic heterocycles. The van der Waals surface area contributed by atoms with Gasteiger partial charge in [0, 0.05) is 12.2 Å². The van der Waals surface area contributed by atoms with E-state index in [0.29, 0.717) is 17.5 Å². The van der Waals surface area contributed by atoms with Gasteiger partial charge in [-0.25, -0.2) is 9.67 Å². The molecule has 0 aliphatic rings. The monoisotopic (exact) mass is 264 g/mol. The van der Waals surface area contributed by atoms with Gasteiger partial charge in [0.05, 0.1) is 16.9 Å². The fourth-order valence-electron chi connectivity index (χ4n) is 1.68. The van der Waals surface area contributed by atoms with Gasteiger partial charge in [0.15, 0.2) is 5.82 Å². The maximum absolute atomic E-state index is 6.02. The summed E-state index contributed by atoms with van der Waals surface area (Å²) < 4.78 is 1.70. The summed E-state index contributed by atoms with van der Waals surface area (Å²) >= 11 is 6.02. The summed E-state index contributed by atoms with van der Waals surface area (Å²) in [5.74, 6) is 1.11. The third kappa shape index (κ3) is 2.54. The fraction of sp³-hybridized carbons (Fsp3) is 0.385. The molecule has 2 rings (SSSR count). The highest BCUT2D eigenvalue weighted by Gasteiger charge is 2.09. The standard InChI is InChI=1S/C13H17ClN4/c1-8(2)12-4-10(6-15)5-13(16-12)18-7-11(14)9(3)17-18/h4-5,7-8H,6,15H2,1-3H3. The highest BCUT2D eigenvalue weighted by molar-refractivity contribution is 6.31. The summed E-state index contributed by atoms with van der Waals surface area (Å²) in [6.07, 6.45) is 1.77. The molecule has 2 heterocycles. The third-order valence-electron chi connectivity index (χ3n) is 2.79. The van der Waals surface area contributed by atoms with Crippen molar-refractivity contribution in [2.24, 2.45) is 5.73 Å². The normalized spacial score (nSPS) is 11.2. The average molecular weight is 265 g/mol. The topological polar surface area (TPSA) is 56.7 Å². The quantitative estimate of drug-likeness (QED) is 0.927. The number of nitrogens with two attached hydrogens (primary N) is 1. The van der Waals surface area contributed by atoms with Gasteiger partial charge < -0.3 is 5.73 Å². The molecule has 0 spiro atoms. The smallest absolute Gasteiger partial charge is 0.153 e. The molecule has 0 amide bonds. The predicted molar refractivity (Wildman–Crippen MR) is 73.1 cm³/mol. The van der Waals surface area contributed by atoms with Gasteiger partial charge in [-0.1, -0.05) is 25.4 Å². The molecule has 0 aromatic carbocycles. The lowest BCUT2D eigenvalue weighted by molar-refractivity contribution is 0.773. The number of aryl methyl sites for hydroxylation is 1. The number of pyridine rings is 1. The Morgan fingerprint density at radius 2 is 2.11 bits per heavy atom. The van der Waals surface area contributed by atoms with Crippen molar-refractivity contribution < 1.29 is 0 Å². The fourth-order valence-corrected chi connectivity index (χ4v) is 1.81. The minimum atomic E-state index is 0.349. The van der Waals surface area contributed by atoms with Crippen LogP contribution in [0.5, 0.6) is 0 Å². The van der Waals surface area contributed by atoms with Gasteiger partial charge in [0.2, 0.25) is 0 Å². The van der Waals surface area contributed by atoms with E-state index in [4.69, 9.17) is 17.3 Å². The van der Waals surface area contributed by atoms with Crippen LogP contribution in [0.4, 0.5) is 0 Å². The molecule has 5 heteroatoms. The minimum Gasteiger partial charge on any atom is -0.326 e. The zero-order valence-electron chi connectivity index (χ0n) is 10.8. The lowest BCUT2D eigenvalue weighted by atomic mass is 10.1. The zero-order valence-corrected chi connectivity index (χ0v) is 11.6. The van der Waals surface area contributed by atoms with E-state index in [1.165, 1.54) is 0 Å². The van der Waals surface area contributed by atoms with Crippen molar-refractivity contribution in [3.63, 3.8) is 0 Å². The molecule has 0 fully saturated rings. The maximum atomic E-state index is 6.02. The summed E-state index contributed by atoms with van der Waals surface area (Å²) in [6, 6.07) is 3.97. The summed E-state index contributed by atoms with van der Waals surface area (Å²) in [5.41, 5.74) is 8.57. The first-order valence-electron chi connectivity index (χ1n) is 5.94. The molecule has 0 saturated carbocycles. The molecule has 18 heavy (non-hydrogen) atoms.